The molecule has 2 aliphatic carbocycles. The van der Waals surface area contributed by atoms with Crippen LogP contribution in [-0.4, -0.2) is 82.7 Å². The van der Waals surface area contributed by atoms with Crippen LogP contribution in [0.2, 0.25) is 0 Å². The smallest absolute Gasteiger partial charge is 0.408 e. The Kier molecular flexibility index (Phi) is 10.7. The molecule has 1 aromatic heterocycles. The van der Waals surface area contributed by atoms with Crippen LogP contribution < -0.4 is 20.1 Å². The molecule has 2 aromatic carbocycles. The molecular weight excluding hydrogens is 778 g/mol. The number of sulfonamides is 1. The normalized spacial score (nSPS) is 27.9. The summed E-state index contributed by atoms with van der Waals surface area (Å²) in [7, 11) is -4.04. The van der Waals surface area contributed by atoms with Crippen molar-refractivity contribution < 1.29 is 41.5 Å². The summed E-state index contributed by atoms with van der Waals surface area (Å²) >= 11 is 0. The molecule has 3 aliphatic heterocycles. The van der Waals surface area contributed by atoms with Crippen LogP contribution in [-0.2, 0) is 35.6 Å². The lowest BCUT2D eigenvalue weighted by atomic mass is 9.65. The van der Waals surface area contributed by atoms with Gasteiger partial charge in [-0.2, -0.15) is 0 Å². The Morgan fingerprint density at radius 2 is 1.83 bits per heavy atom. The number of pyridine rings is 1. The number of carbonyl (C=O) groups excluding carboxylic acids is 4. The number of fused-ring (bicyclic) bond motifs is 5. The molecule has 13 nitrogen and oxygen atoms in total. The van der Waals surface area contributed by atoms with Gasteiger partial charge < -0.3 is 25.0 Å². The van der Waals surface area contributed by atoms with Gasteiger partial charge in [-0.15, -0.1) is 0 Å². The van der Waals surface area contributed by atoms with Crippen LogP contribution in [0.1, 0.15) is 97.0 Å². The molecule has 1 saturated heterocycles. The fourth-order valence-corrected chi connectivity index (χ4v) is 10.4. The molecule has 5 atom stereocenters. The van der Waals surface area contributed by atoms with Gasteiger partial charge >= 0.3 is 6.09 Å². The second-order valence-corrected chi connectivity index (χ2v) is 19.7. The number of para-hydroxylation sites is 1. The molecule has 15 heteroatoms. The average molecular weight is 830 g/mol. The van der Waals surface area contributed by atoms with Crippen LogP contribution in [0.5, 0.6) is 5.75 Å². The Hall–Kier alpha value is -5.05. The Morgan fingerprint density at radius 1 is 1.03 bits per heavy atom. The summed E-state index contributed by atoms with van der Waals surface area (Å²) in [6.07, 6.45) is 8.29. The lowest BCUT2D eigenvalue weighted by Gasteiger charge is -2.48. The lowest BCUT2D eigenvalue weighted by Crippen LogP contribution is -2.70. The highest BCUT2D eigenvalue weighted by Crippen LogP contribution is 2.48. The predicted octanol–water partition coefficient (Wildman–Crippen LogP) is 5.99. The lowest BCUT2D eigenvalue weighted by molar-refractivity contribution is -0.144. The van der Waals surface area contributed by atoms with Crippen molar-refractivity contribution >= 4 is 44.7 Å². The number of rotatable bonds is 6. The summed E-state index contributed by atoms with van der Waals surface area (Å²) in [5, 5.41) is 6.63. The molecule has 0 radical (unpaired) electrons. The fraction of sp³-hybridized carbons (Fsp3) is 0.523. The highest BCUT2D eigenvalue weighted by Gasteiger charge is 2.59. The number of aromatic nitrogens is 1. The van der Waals surface area contributed by atoms with Gasteiger partial charge in [-0.1, -0.05) is 55.3 Å². The molecule has 3 aromatic rings. The van der Waals surface area contributed by atoms with Crippen molar-refractivity contribution in [2.75, 3.05) is 6.54 Å². The van der Waals surface area contributed by atoms with E-state index in [0.29, 0.717) is 73.9 Å². The summed E-state index contributed by atoms with van der Waals surface area (Å²) < 4.78 is 55.1. The number of nitrogens with zero attached hydrogens (tertiary/aromatic N) is 2. The van der Waals surface area contributed by atoms with E-state index in [0.717, 1.165) is 23.8 Å². The summed E-state index contributed by atoms with van der Waals surface area (Å²) in [6, 6.07) is 11.5. The molecule has 5 unspecified atom stereocenters. The molecule has 2 saturated carbocycles. The molecule has 1 spiro atoms. The van der Waals surface area contributed by atoms with Crippen molar-refractivity contribution in [3.63, 3.8) is 0 Å². The monoisotopic (exact) mass is 829 g/mol. The number of hydrogen-bond donors (Lipinski definition) is 3. The zero-order chi connectivity index (χ0) is 41.7. The van der Waals surface area contributed by atoms with Gasteiger partial charge in [-0.05, 0) is 96.8 Å². The van der Waals surface area contributed by atoms with Gasteiger partial charge in [0.05, 0.1) is 22.9 Å². The molecule has 314 valence electrons. The van der Waals surface area contributed by atoms with E-state index in [-0.39, 0.29) is 19.4 Å². The number of allylic oxidation sites excluding steroid dienone is 1. The van der Waals surface area contributed by atoms with Crippen LogP contribution in [0.4, 0.5) is 9.18 Å². The average Bonchev–Trinajstić information content (AvgIpc) is 3.85. The quantitative estimate of drug-likeness (QED) is 0.252. The predicted molar refractivity (Wildman–Crippen MR) is 218 cm³/mol. The van der Waals surface area contributed by atoms with Crippen molar-refractivity contribution in [1.82, 2.24) is 25.2 Å². The first-order valence-electron chi connectivity index (χ1n) is 20.8. The number of amides is 4. The highest BCUT2D eigenvalue weighted by atomic mass is 32.2. The van der Waals surface area contributed by atoms with Crippen LogP contribution in [0, 0.1) is 11.7 Å². The maximum atomic E-state index is 14.9. The minimum Gasteiger partial charge on any atom is -0.483 e. The Balaban J connectivity index is 1.19. The maximum absolute atomic E-state index is 14.9. The maximum Gasteiger partial charge on any atom is 0.408 e. The molecule has 4 heterocycles. The third kappa shape index (κ3) is 7.78. The number of halogens is 1. The van der Waals surface area contributed by atoms with Gasteiger partial charge in [0, 0.05) is 28.9 Å². The van der Waals surface area contributed by atoms with E-state index >= 15 is 0 Å². The first-order chi connectivity index (χ1) is 28.1. The first kappa shape index (κ1) is 40.7. The zero-order valence-electron chi connectivity index (χ0n) is 33.7. The van der Waals surface area contributed by atoms with Gasteiger partial charge in [0.15, 0.2) is 0 Å². The van der Waals surface area contributed by atoms with E-state index < -0.39 is 79.6 Å². The molecule has 3 N–H and O–H groups in total. The van der Waals surface area contributed by atoms with Crippen LogP contribution in [0.3, 0.4) is 0 Å². The number of ether oxygens (including phenoxy) is 2. The van der Waals surface area contributed by atoms with E-state index in [1.807, 2.05) is 36.4 Å². The topological polar surface area (TPSA) is 173 Å². The second kappa shape index (κ2) is 15.5. The SMILES string of the molecule is CC(C)OC(=O)NC1CCCCCC=CC2CCC2(C(=O)NS(=O)(=O)C2(C)CC2)NC(=O)C2CC3(CCc4c(c(-c5cccc(F)c5)nc5ccccc45)O3)CN2C1=O. The Labute approximate surface area is 343 Å². The van der Waals surface area contributed by atoms with Crippen molar-refractivity contribution in [2.24, 2.45) is 5.92 Å². The van der Waals surface area contributed by atoms with Gasteiger partial charge in [-0.3, -0.25) is 19.1 Å². The van der Waals surface area contributed by atoms with Crippen molar-refractivity contribution in [1.29, 1.82) is 0 Å². The fourth-order valence-electron chi connectivity index (χ4n) is 9.08. The third-order valence-electron chi connectivity index (χ3n) is 12.9. The number of nitrogens with one attached hydrogen (secondary N) is 3. The minimum absolute atomic E-state index is 0.0250. The van der Waals surface area contributed by atoms with E-state index in [2.05, 4.69) is 15.4 Å². The standard InChI is InChI=1S/C44H52FN5O8S/c1-27(2)57-41(54)47-34-17-8-6-4-5-7-13-29-18-21-44(29,40(53)49-59(55,56)42(3)22-23-42)48-38(51)35-25-43(26-50(35)39(34)52)20-19-32-31-15-9-10-16-33(31)46-36(37(32)58-43)28-12-11-14-30(45)24-28/h7,9-16,24,27,29,34-35H,4-6,8,17-23,25-26H2,1-3H3,(H,47,54)(H,48,51)(H,49,53). The molecule has 8 rings (SSSR count). The van der Waals surface area contributed by atoms with Gasteiger partial charge in [-0.25, -0.2) is 22.6 Å². The van der Waals surface area contributed by atoms with Gasteiger partial charge in [0.2, 0.25) is 21.8 Å². The third-order valence-corrected chi connectivity index (χ3v) is 15.1. The second-order valence-electron chi connectivity index (χ2n) is 17.5. The van der Waals surface area contributed by atoms with E-state index in [1.54, 1.807) is 32.9 Å². The van der Waals surface area contributed by atoms with Gasteiger partial charge in [0.1, 0.15) is 40.5 Å². The zero-order valence-corrected chi connectivity index (χ0v) is 34.5. The van der Waals surface area contributed by atoms with Crippen molar-refractivity contribution in [3.05, 3.63) is 72.1 Å². The van der Waals surface area contributed by atoms with Crippen LogP contribution >= 0.6 is 0 Å². The summed E-state index contributed by atoms with van der Waals surface area (Å²) in [5.41, 5.74) is -0.176. The number of benzene rings is 2. The first-order valence-corrected chi connectivity index (χ1v) is 22.3. The summed E-state index contributed by atoms with van der Waals surface area (Å²) in [6.45, 7) is 4.97. The van der Waals surface area contributed by atoms with E-state index in [4.69, 9.17) is 14.5 Å². The number of hydrogen-bond acceptors (Lipinski definition) is 9. The van der Waals surface area contributed by atoms with Crippen LogP contribution in [0.25, 0.3) is 22.2 Å². The van der Waals surface area contributed by atoms with Crippen molar-refractivity contribution in [3.8, 4) is 17.0 Å². The highest BCUT2D eigenvalue weighted by molar-refractivity contribution is 7.91. The molecular formula is C44H52FN5O8S. The molecule has 0 bridgehead atoms. The number of alkyl carbamates (subject to hydrolysis) is 1. The molecule has 3 fully saturated rings. The van der Waals surface area contributed by atoms with Crippen molar-refractivity contribution in [2.45, 2.75) is 132 Å². The number of carbonyl (C=O) groups is 4. The molecule has 4 amide bonds. The van der Waals surface area contributed by atoms with Gasteiger partial charge in [0.25, 0.3) is 5.91 Å². The number of aryl methyl sites for hydroxylation is 1. The van der Waals surface area contributed by atoms with Crippen LogP contribution in [0.15, 0.2) is 60.7 Å². The molecule has 5 aliphatic rings. The van der Waals surface area contributed by atoms with E-state index in [9.17, 15) is 32.0 Å². The van der Waals surface area contributed by atoms with E-state index in [1.165, 1.54) is 17.0 Å². The summed E-state index contributed by atoms with van der Waals surface area (Å²) in [5.74, 6) is -2.42. The minimum atomic E-state index is -4.04. The Bertz CT molecular complexity index is 2330. The summed E-state index contributed by atoms with van der Waals surface area (Å²) in [4.78, 5) is 63.4. The molecule has 59 heavy (non-hydrogen) atoms. The largest absolute Gasteiger partial charge is 0.483 e. The Morgan fingerprint density at radius 3 is 2.56 bits per heavy atom.